The number of hydrogen-bond acceptors (Lipinski definition) is 6. The van der Waals surface area contributed by atoms with E-state index in [0.717, 1.165) is 11.2 Å². The lowest BCUT2D eigenvalue weighted by atomic mass is 10.2. The van der Waals surface area contributed by atoms with Crippen molar-refractivity contribution in [3.63, 3.8) is 0 Å². The van der Waals surface area contributed by atoms with E-state index in [0.29, 0.717) is 47.7 Å². The average molecular weight is 486 g/mol. The number of carbonyl (C=O) groups excluding carboxylic acids is 2. The van der Waals surface area contributed by atoms with Gasteiger partial charge in [0.1, 0.15) is 6.61 Å². The molecule has 2 amide bonds. The fourth-order valence-electron chi connectivity index (χ4n) is 3.77. The summed E-state index contributed by atoms with van der Waals surface area (Å²) >= 11 is -1.38. The lowest BCUT2D eigenvalue weighted by Gasteiger charge is -2.26. The number of morpholine rings is 1. The van der Waals surface area contributed by atoms with Gasteiger partial charge in [0.2, 0.25) is 5.62 Å². The summed E-state index contributed by atoms with van der Waals surface area (Å²) in [4.78, 5) is 34.9. The number of hydrogen-bond donors (Lipinski definition) is 2. The molecular weight excluding hydrogens is 458 g/mol. The van der Waals surface area contributed by atoms with Crippen molar-refractivity contribution in [1.29, 1.82) is 0 Å². The number of aliphatic hydroxyl groups excluding tert-OH is 1. The van der Waals surface area contributed by atoms with Gasteiger partial charge in [-0.05, 0) is 36.8 Å². The number of H-pyrrole nitrogens is 1. The minimum absolute atomic E-state index is 0.00812. The highest BCUT2D eigenvalue weighted by Crippen LogP contribution is 2.22. The van der Waals surface area contributed by atoms with Crippen LogP contribution in [-0.4, -0.2) is 75.8 Å². The molecule has 2 N–H and O–H groups in total. The molecule has 4 rings (SSSR count). The highest BCUT2D eigenvalue weighted by atomic mass is 32.2. The number of carbonyl (C=O) groups is 2. The van der Waals surface area contributed by atoms with Crippen molar-refractivity contribution in [2.24, 2.45) is 4.99 Å². The van der Waals surface area contributed by atoms with E-state index in [1.165, 1.54) is 0 Å². The van der Waals surface area contributed by atoms with Crippen LogP contribution >= 0.6 is 0 Å². The molecule has 0 radical (unpaired) electrons. The van der Waals surface area contributed by atoms with Crippen LogP contribution in [0.1, 0.15) is 16.8 Å². The Labute approximate surface area is 199 Å². The van der Waals surface area contributed by atoms with Crippen LogP contribution in [-0.2, 0) is 27.4 Å². The van der Waals surface area contributed by atoms with E-state index in [1.54, 1.807) is 47.6 Å². The number of aliphatic hydroxyl groups is 1. The van der Waals surface area contributed by atoms with Crippen LogP contribution in [0, 0.1) is 0 Å². The molecular formula is C23H27N5O5S. The van der Waals surface area contributed by atoms with Gasteiger partial charge in [0.15, 0.2) is 4.90 Å². The molecule has 34 heavy (non-hydrogen) atoms. The highest BCUT2D eigenvalue weighted by molar-refractivity contribution is 7.89. The summed E-state index contributed by atoms with van der Waals surface area (Å²) in [5, 5.41) is 9.35. The summed E-state index contributed by atoms with van der Waals surface area (Å²) in [5.41, 5.74) is 2.89. The van der Waals surface area contributed by atoms with Crippen molar-refractivity contribution in [2.75, 3.05) is 45.4 Å². The van der Waals surface area contributed by atoms with E-state index in [-0.39, 0.29) is 19.1 Å². The van der Waals surface area contributed by atoms with Crippen molar-refractivity contribution in [1.82, 2.24) is 13.9 Å². The molecule has 1 aliphatic heterocycles. The summed E-state index contributed by atoms with van der Waals surface area (Å²) < 4.78 is 21.0. The van der Waals surface area contributed by atoms with Crippen LogP contribution < -0.4 is 10.5 Å². The summed E-state index contributed by atoms with van der Waals surface area (Å²) in [7, 11) is 3.39. The number of aromatic nitrogens is 2. The van der Waals surface area contributed by atoms with Crippen LogP contribution in [0.15, 0.2) is 52.4 Å². The quantitative estimate of drug-likeness (QED) is 0.482. The summed E-state index contributed by atoms with van der Waals surface area (Å²) in [6.07, 6.45) is 0.481. The van der Waals surface area contributed by atoms with Gasteiger partial charge < -0.3 is 28.8 Å². The molecule has 1 aliphatic rings. The number of nitrogens with zero attached hydrogens (tertiary/aromatic N) is 4. The molecule has 180 valence electrons. The number of benzene rings is 2. The first-order chi connectivity index (χ1) is 16.4. The number of amides is 2. The lowest BCUT2D eigenvalue weighted by Crippen LogP contribution is -2.41. The Bertz CT molecular complexity index is 1270. The average Bonchev–Trinajstić information content (AvgIpc) is 3.18. The highest BCUT2D eigenvalue weighted by Gasteiger charge is 2.21. The lowest BCUT2D eigenvalue weighted by molar-refractivity contribution is -0.125. The normalized spacial score (nSPS) is 16.0. The molecule has 10 nitrogen and oxygen atoms in total. The molecule has 1 fully saturated rings. The van der Waals surface area contributed by atoms with Gasteiger partial charge in [-0.15, -0.1) is 4.31 Å². The second kappa shape index (κ2) is 10.5. The van der Waals surface area contributed by atoms with Crippen molar-refractivity contribution >= 4 is 39.9 Å². The number of imidazole rings is 1. The van der Waals surface area contributed by atoms with Gasteiger partial charge in [-0.25, -0.2) is 0 Å². The second-order valence-corrected chi connectivity index (χ2v) is 9.68. The molecule has 1 saturated heterocycles. The van der Waals surface area contributed by atoms with Crippen LogP contribution in [0.4, 0.5) is 5.69 Å². The minimum atomic E-state index is -1.38. The molecule has 11 heteroatoms. The van der Waals surface area contributed by atoms with E-state index in [2.05, 4.69) is 9.98 Å². The third-order valence-corrected chi connectivity index (χ3v) is 6.75. The second-order valence-electron chi connectivity index (χ2n) is 7.98. The maximum Gasteiger partial charge on any atom is 0.280 e. The van der Waals surface area contributed by atoms with E-state index in [4.69, 9.17) is 4.74 Å². The third-order valence-electron chi connectivity index (χ3n) is 5.43. The Morgan fingerprint density at radius 3 is 2.85 bits per heavy atom. The smallest absolute Gasteiger partial charge is 0.280 e. The molecule has 0 saturated carbocycles. The first-order valence-corrected chi connectivity index (χ1v) is 12.0. The number of rotatable bonds is 7. The number of aromatic amines is 1. The largest absolute Gasteiger partial charge is 0.593 e. The van der Waals surface area contributed by atoms with Gasteiger partial charge in [0, 0.05) is 51.1 Å². The predicted octanol–water partition coefficient (Wildman–Crippen LogP) is 1.04. The van der Waals surface area contributed by atoms with Gasteiger partial charge in [-0.2, -0.15) is 4.99 Å². The zero-order valence-electron chi connectivity index (χ0n) is 19.1. The Morgan fingerprint density at radius 1 is 1.29 bits per heavy atom. The molecule has 0 spiro atoms. The first-order valence-electron chi connectivity index (χ1n) is 10.9. The predicted molar refractivity (Wildman–Crippen MR) is 128 cm³/mol. The molecule has 0 bridgehead atoms. The van der Waals surface area contributed by atoms with E-state index < -0.39 is 17.3 Å². The summed E-state index contributed by atoms with van der Waals surface area (Å²) in [5.74, 6) is -0.592. The maximum absolute atomic E-state index is 13.0. The Balaban J connectivity index is 1.73. The fourth-order valence-corrected chi connectivity index (χ4v) is 4.62. The van der Waals surface area contributed by atoms with E-state index in [1.807, 2.05) is 22.8 Å². The van der Waals surface area contributed by atoms with Crippen molar-refractivity contribution in [2.45, 2.75) is 17.9 Å². The van der Waals surface area contributed by atoms with Crippen molar-refractivity contribution < 1.29 is 24.0 Å². The van der Waals surface area contributed by atoms with Crippen LogP contribution in [0.3, 0.4) is 0 Å². The number of nitrogens with one attached hydrogen (secondary N) is 1. The molecule has 1 atom stereocenters. The first kappa shape index (κ1) is 24.2. The number of anilines is 1. The van der Waals surface area contributed by atoms with Crippen LogP contribution in [0.2, 0.25) is 0 Å². The van der Waals surface area contributed by atoms with Gasteiger partial charge in [-0.3, -0.25) is 9.59 Å². The Hall–Kier alpha value is -2.96. The third kappa shape index (κ3) is 5.08. The van der Waals surface area contributed by atoms with Gasteiger partial charge in [-0.1, -0.05) is 6.07 Å². The standard InChI is InChI=1S/C23H27N5O5S/c1-26(2)34(32)18-6-3-5-16(13-18)22(31)25-23-24-19-14-17(27-10-12-33-15-21(27)30)7-8-20(19)28(23)9-4-11-29/h3,5-8,13-14,29H,4,9-12,15H2,1-2H3,(H,24,25,31). The monoisotopic (exact) mass is 485 g/mol. The van der Waals surface area contributed by atoms with Crippen LogP contribution in [0.5, 0.6) is 0 Å². The van der Waals surface area contributed by atoms with E-state index >= 15 is 0 Å². The zero-order chi connectivity index (χ0) is 24.2. The molecule has 1 unspecified atom stereocenters. The molecule has 2 aromatic carbocycles. The zero-order valence-corrected chi connectivity index (χ0v) is 19.9. The Kier molecular flexibility index (Phi) is 7.49. The number of ether oxygens (including phenoxy) is 1. The van der Waals surface area contributed by atoms with Crippen molar-refractivity contribution in [3.8, 4) is 0 Å². The topological polar surface area (TPSA) is 126 Å². The van der Waals surface area contributed by atoms with Gasteiger partial charge >= 0.3 is 0 Å². The molecule has 0 aliphatic carbocycles. The summed E-state index contributed by atoms with van der Waals surface area (Å²) in [6.45, 7) is 1.43. The number of fused-ring (bicyclic) bond motifs is 1. The maximum atomic E-state index is 13.0. The van der Waals surface area contributed by atoms with Gasteiger partial charge in [0.25, 0.3) is 11.8 Å². The fraction of sp³-hybridized carbons (Fsp3) is 0.348. The number of aryl methyl sites for hydroxylation is 1. The minimum Gasteiger partial charge on any atom is -0.593 e. The molecule has 1 aromatic heterocycles. The van der Waals surface area contributed by atoms with Crippen LogP contribution in [0.25, 0.3) is 11.0 Å². The Morgan fingerprint density at radius 2 is 2.12 bits per heavy atom. The summed E-state index contributed by atoms with van der Waals surface area (Å²) in [6, 6.07) is 12.1. The SMILES string of the molecule is CN(C)[S+]([O-])c1cccc(C(=O)/N=c2\[nH]c3cc(N4CCOCC4=O)ccc3n2CCCO)c1. The van der Waals surface area contributed by atoms with E-state index in [9.17, 15) is 19.2 Å². The molecule has 2 heterocycles. The van der Waals surface area contributed by atoms with Crippen molar-refractivity contribution in [3.05, 3.63) is 53.6 Å². The van der Waals surface area contributed by atoms with Gasteiger partial charge in [0.05, 0.1) is 29.0 Å². The molecule has 3 aromatic rings.